The van der Waals surface area contributed by atoms with E-state index in [-0.39, 0.29) is 24.2 Å². The number of nitrogens with zero attached hydrogens (tertiary/aromatic N) is 2. The molecular formula is C20H17N3O4. The van der Waals surface area contributed by atoms with Crippen LogP contribution in [0.4, 0.5) is 0 Å². The van der Waals surface area contributed by atoms with E-state index >= 15 is 0 Å². The molecule has 7 nitrogen and oxygen atoms in total. The number of rotatable bonds is 5. The topological polar surface area (TPSA) is 94.3 Å². The van der Waals surface area contributed by atoms with Gasteiger partial charge < -0.3 is 9.15 Å². The van der Waals surface area contributed by atoms with E-state index in [9.17, 15) is 9.59 Å². The number of benzene rings is 1. The van der Waals surface area contributed by atoms with E-state index in [1.54, 1.807) is 25.6 Å². The van der Waals surface area contributed by atoms with Crippen molar-refractivity contribution in [1.82, 2.24) is 15.3 Å². The molecule has 0 aliphatic carbocycles. The fraction of sp³-hybridized carbons (Fsp3) is 0.200. The largest absolute Gasteiger partial charge is 0.497 e. The Morgan fingerprint density at radius 2 is 1.96 bits per heavy atom. The van der Waals surface area contributed by atoms with Crippen LogP contribution in [0.25, 0.3) is 22.8 Å². The van der Waals surface area contributed by atoms with Gasteiger partial charge in [-0.25, -0.2) is 4.98 Å². The molecule has 136 valence electrons. The smallest absolute Gasteiger partial charge is 0.230 e. The SMILES string of the molecule is COc1ccc(-c2cnc(-c3ccnc(CC4CC(=O)NC4=O)c3)o2)cc1. The zero-order valence-corrected chi connectivity index (χ0v) is 14.6. The van der Waals surface area contributed by atoms with Crippen molar-refractivity contribution in [3.8, 4) is 28.5 Å². The minimum atomic E-state index is -0.375. The van der Waals surface area contributed by atoms with E-state index in [1.165, 1.54) is 0 Å². The summed E-state index contributed by atoms with van der Waals surface area (Å²) in [5, 5.41) is 2.32. The highest BCUT2D eigenvalue weighted by Gasteiger charge is 2.30. The lowest BCUT2D eigenvalue weighted by Gasteiger charge is -2.06. The summed E-state index contributed by atoms with van der Waals surface area (Å²) in [6.45, 7) is 0. The van der Waals surface area contributed by atoms with Crippen molar-refractivity contribution >= 4 is 11.8 Å². The number of ether oxygens (including phenoxy) is 1. The lowest BCUT2D eigenvalue weighted by molar-refractivity contribution is -0.125. The Hall–Kier alpha value is -3.48. The highest BCUT2D eigenvalue weighted by Crippen LogP contribution is 2.28. The maximum atomic E-state index is 11.8. The van der Waals surface area contributed by atoms with Gasteiger partial charge in [0.05, 0.1) is 19.2 Å². The summed E-state index contributed by atoms with van der Waals surface area (Å²) in [6.07, 6.45) is 3.92. The molecule has 0 saturated carbocycles. The van der Waals surface area contributed by atoms with Gasteiger partial charge in [0.15, 0.2) is 5.76 Å². The Morgan fingerprint density at radius 3 is 2.67 bits per heavy atom. The summed E-state index contributed by atoms with van der Waals surface area (Å²) in [5.41, 5.74) is 2.38. The summed E-state index contributed by atoms with van der Waals surface area (Å²) in [5.74, 6) is 1.03. The molecule has 0 spiro atoms. The highest BCUT2D eigenvalue weighted by atomic mass is 16.5. The van der Waals surface area contributed by atoms with Crippen LogP contribution >= 0.6 is 0 Å². The molecule has 3 aromatic rings. The summed E-state index contributed by atoms with van der Waals surface area (Å²) in [4.78, 5) is 31.7. The van der Waals surface area contributed by atoms with Crippen LogP contribution in [0.15, 0.2) is 53.2 Å². The van der Waals surface area contributed by atoms with Gasteiger partial charge in [-0.3, -0.25) is 19.9 Å². The first-order valence-electron chi connectivity index (χ1n) is 8.51. The zero-order chi connectivity index (χ0) is 18.8. The first-order chi connectivity index (χ1) is 13.1. The maximum absolute atomic E-state index is 11.8. The Balaban J connectivity index is 1.54. The first-order valence-corrected chi connectivity index (χ1v) is 8.51. The quantitative estimate of drug-likeness (QED) is 0.700. The molecule has 1 N–H and O–H groups in total. The van der Waals surface area contributed by atoms with E-state index in [2.05, 4.69) is 15.3 Å². The molecule has 1 atom stereocenters. The molecule has 0 radical (unpaired) electrons. The molecule has 2 amide bonds. The normalized spacial score (nSPS) is 16.4. The Labute approximate surface area is 155 Å². The Kier molecular flexibility index (Phi) is 4.42. The maximum Gasteiger partial charge on any atom is 0.230 e. The average molecular weight is 363 g/mol. The third-order valence-corrected chi connectivity index (χ3v) is 4.46. The number of carbonyl (C=O) groups excluding carboxylic acids is 2. The number of aromatic nitrogens is 2. The van der Waals surface area contributed by atoms with Crippen LogP contribution in [0, 0.1) is 5.92 Å². The lowest BCUT2D eigenvalue weighted by atomic mass is 10.0. The molecule has 1 aliphatic heterocycles. The molecule has 2 aromatic heterocycles. The molecular weight excluding hydrogens is 346 g/mol. The summed E-state index contributed by atoms with van der Waals surface area (Å²) < 4.78 is 11.0. The van der Waals surface area contributed by atoms with Gasteiger partial charge in [-0.1, -0.05) is 0 Å². The predicted molar refractivity (Wildman–Crippen MR) is 96.7 cm³/mol. The predicted octanol–water partition coefficient (Wildman–Crippen LogP) is 2.62. The van der Waals surface area contributed by atoms with Crippen molar-refractivity contribution in [3.63, 3.8) is 0 Å². The number of pyridine rings is 1. The molecule has 3 heterocycles. The van der Waals surface area contributed by atoms with Gasteiger partial charge in [0.25, 0.3) is 0 Å². The van der Waals surface area contributed by atoms with E-state index in [0.717, 1.165) is 16.9 Å². The van der Waals surface area contributed by atoms with Gasteiger partial charge in [0.1, 0.15) is 5.75 Å². The van der Waals surface area contributed by atoms with Crippen molar-refractivity contribution in [2.45, 2.75) is 12.8 Å². The number of hydrogen-bond acceptors (Lipinski definition) is 6. The third-order valence-electron chi connectivity index (χ3n) is 4.46. The lowest BCUT2D eigenvalue weighted by Crippen LogP contribution is -2.23. The van der Waals surface area contributed by atoms with Crippen molar-refractivity contribution in [1.29, 1.82) is 0 Å². The third kappa shape index (κ3) is 3.57. The van der Waals surface area contributed by atoms with Crippen LogP contribution in [-0.2, 0) is 16.0 Å². The average Bonchev–Trinajstić information content (AvgIpc) is 3.29. The van der Waals surface area contributed by atoms with Crippen LogP contribution in [-0.4, -0.2) is 28.9 Å². The monoisotopic (exact) mass is 363 g/mol. The number of hydrogen-bond donors (Lipinski definition) is 1. The van der Waals surface area contributed by atoms with Crippen molar-refractivity contribution < 1.29 is 18.7 Å². The van der Waals surface area contributed by atoms with Gasteiger partial charge in [0, 0.05) is 35.9 Å². The second kappa shape index (κ2) is 7.03. The van der Waals surface area contributed by atoms with E-state index < -0.39 is 0 Å². The van der Waals surface area contributed by atoms with Gasteiger partial charge in [-0.15, -0.1) is 0 Å². The minimum absolute atomic E-state index is 0.200. The molecule has 1 unspecified atom stereocenters. The number of methoxy groups -OCH3 is 1. The fourth-order valence-electron chi connectivity index (χ4n) is 3.04. The molecule has 0 bridgehead atoms. The number of amides is 2. The van der Waals surface area contributed by atoms with Gasteiger partial charge >= 0.3 is 0 Å². The zero-order valence-electron chi connectivity index (χ0n) is 14.6. The second-order valence-electron chi connectivity index (χ2n) is 6.31. The molecule has 7 heteroatoms. The number of imide groups is 1. The number of carbonyl (C=O) groups is 2. The first kappa shape index (κ1) is 17.0. The van der Waals surface area contributed by atoms with Crippen molar-refractivity contribution in [2.24, 2.45) is 5.92 Å². The van der Waals surface area contributed by atoms with Crippen LogP contribution in [0.5, 0.6) is 5.75 Å². The van der Waals surface area contributed by atoms with Gasteiger partial charge in [-0.05, 0) is 36.4 Å². The highest BCUT2D eigenvalue weighted by molar-refractivity contribution is 6.03. The van der Waals surface area contributed by atoms with E-state index in [0.29, 0.717) is 23.8 Å². The van der Waals surface area contributed by atoms with Crippen LogP contribution in [0.1, 0.15) is 12.1 Å². The van der Waals surface area contributed by atoms with Crippen molar-refractivity contribution in [3.05, 3.63) is 54.5 Å². The Bertz CT molecular complexity index is 994. The summed E-state index contributed by atoms with van der Waals surface area (Å²) >= 11 is 0. The van der Waals surface area contributed by atoms with E-state index in [4.69, 9.17) is 9.15 Å². The van der Waals surface area contributed by atoms with Crippen LogP contribution in [0.2, 0.25) is 0 Å². The molecule has 1 aromatic carbocycles. The minimum Gasteiger partial charge on any atom is -0.497 e. The number of nitrogens with one attached hydrogen (secondary N) is 1. The molecule has 1 fully saturated rings. The van der Waals surface area contributed by atoms with Crippen LogP contribution < -0.4 is 10.1 Å². The van der Waals surface area contributed by atoms with Gasteiger partial charge in [-0.2, -0.15) is 0 Å². The van der Waals surface area contributed by atoms with Crippen molar-refractivity contribution in [2.75, 3.05) is 7.11 Å². The fourth-order valence-corrected chi connectivity index (χ4v) is 3.04. The molecule has 4 rings (SSSR count). The molecule has 27 heavy (non-hydrogen) atoms. The molecule has 1 saturated heterocycles. The summed E-state index contributed by atoms with van der Waals surface area (Å²) in [7, 11) is 1.62. The molecule has 1 aliphatic rings. The summed E-state index contributed by atoms with van der Waals surface area (Å²) in [6, 6.07) is 11.1. The Morgan fingerprint density at radius 1 is 1.15 bits per heavy atom. The second-order valence-corrected chi connectivity index (χ2v) is 6.31. The van der Waals surface area contributed by atoms with Crippen LogP contribution in [0.3, 0.4) is 0 Å². The van der Waals surface area contributed by atoms with Gasteiger partial charge in [0.2, 0.25) is 17.7 Å². The standard InChI is InChI=1S/C20H17N3O4/c1-26-16-4-2-12(3-5-16)17-11-22-20(27-17)13-6-7-21-15(8-13)9-14-10-18(24)23-19(14)25/h2-8,11,14H,9-10H2,1H3,(H,23,24,25). The number of oxazole rings is 1. The van der Waals surface area contributed by atoms with E-state index in [1.807, 2.05) is 30.3 Å².